The first-order valence-electron chi connectivity index (χ1n) is 10.6. The van der Waals surface area contributed by atoms with E-state index in [0.717, 1.165) is 35.1 Å². The van der Waals surface area contributed by atoms with E-state index in [2.05, 4.69) is 11.4 Å². The van der Waals surface area contributed by atoms with Crippen LogP contribution in [0.2, 0.25) is 0 Å². The Balaban J connectivity index is 1.77. The van der Waals surface area contributed by atoms with E-state index in [-0.39, 0.29) is 17.9 Å². The minimum Gasteiger partial charge on any atom is -0.352 e. The molecule has 0 unspecified atom stereocenters. The highest BCUT2D eigenvalue weighted by atomic mass is 16.2. The van der Waals surface area contributed by atoms with Crippen LogP contribution in [0.5, 0.6) is 0 Å². The van der Waals surface area contributed by atoms with Crippen LogP contribution >= 0.6 is 0 Å². The van der Waals surface area contributed by atoms with Crippen LogP contribution in [0.4, 0.5) is 0 Å². The van der Waals surface area contributed by atoms with Gasteiger partial charge in [-0.05, 0) is 44.7 Å². The molecule has 0 saturated heterocycles. The van der Waals surface area contributed by atoms with Crippen LogP contribution in [0.25, 0.3) is 0 Å². The third-order valence-electron chi connectivity index (χ3n) is 5.74. The molecule has 4 nitrogen and oxygen atoms in total. The Morgan fingerprint density at radius 1 is 1.00 bits per heavy atom. The van der Waals surface area contributed by atoms with Gasteiger partial charge < -0.3 is 10.2 Å². The number of carbonyl (C=O) groups is 2. The summed E-state index contributed by atoms with van der Waals surface area (Å²) in [7, 11) is 0. The summed E-state index contributed by atoms with van der Waals surface area (Å²) in [5, 5.41) is 3.15. The molecule has 0 heterocycles. The first-order chi connectivity index (χ1) is 13.9. The molecular formula is C25H32N2O2. The second kappa shape index (κ2) is 9.73. The smallest absolute Gasteiger partial charge is 0.242 e. The van der Waals surface area contributed by atoms with Gasteiger partial charge in [-0.2, -0.15) is 0 Å². The zero-order valence-corrected chi connectivity index (χ0v) is 17.8. The summed E-state index contributed by atoms with van der Waals surface area (Å²) >= 11 is 0. The molecule has 0 spiro atoms. The summed E-state index contributed by atoms with van der Waals surface area (Å²) in [6.07, 6.45) is 4.70. The predicted molar refractivity (Wildman–Crippen MR) is 116 cm³/mol. The molecule has 1 aliphatic rings. The molecule has 3 rings (SSSR count). The zero-order chi connectivity index (χ0) is 20.8. The van der Waals surface area contributed by atoms with Gasteiger partial charge in [0, 0.05) is 12.6 Å². The van der Waals surface area contributed by atoms with E-state index < -0.39 is 6.04 Å². The molecule has 2 aromatic carbocycles. The van der Waals surface area contributed by atoms with Crippen molar-refractivity contribution in [1.29, 1.82) is 0 Å². The van der Waals surface area contributed by atoms with Crippen LogP contribution in [-0.4, -0.2) is 28.8 Å². The van der Waals surface area contributed by atoms with Crippen molar-refractivity contribution in [3.63, 3.8) is 0 Å². The molecule has 1 saturated carbocycles. The molecule has 0 aromatic heterocycles. The van der Waals surface area contributed by atoms with E-state index in [1.54, 1.807) is 4.90 Å². The lowest BCUT2D eigenvalue weighted by Gasteiger charge is -2.30. The SMILES string of the molecule is Cc1cccc(CC(=O)N(Cc2cccc(C)c2)[C@@H](C)C(=O)NC2CCCC2)c1. The summed E-state index contributed by atoms with van der Waals surface area (Å²) < 4.78 is 0. The van der Waals surface area contributed by atoms with Crippen molar-refractivity contribution in [1.82, 2.24) is 10.2 Å². The van der Waals surface area contributed by atoms with E-state index in [1.807, 2.05) is 63.2 Å². The van der Waals surface area contributed by atoms with Gasteiger partial charge in [-0.1, -0.05) is 72.5 Å². The summed E-state index contributed by atoms with van der Waals surface area (Å²) in [6.45, 7) is 6.34. The van der Waals surface area contributed by atoms with Crippen LogP contribution in [-0.2, 0) is 22.6 Å². The van der Waals surface area contributed by atoms with Crippen LogP contribution in [0.1, 0.15) is 54.9 Å². The number of carbonyl (C=O) groups excluding carboxylic acids is 2. The lowest BCUT2D eigenvalue weighted by molar-refractivity contribution is -0.140. The van der Waals surface area contributed by atoms with Gasteiger partial charge in [-0.15, -0.1) is 0 Å². The molecule has 0 bridgehead atoms. The van der Waals surface area contributed by atoms with Crippen LogP contribution in [0, 0.1) is 13.8 Å². The summed E-state index contributed by atoms with van der Waals surface area (Å²) in [5.74, 6) is -0.0756. The molecule has 154 valence electrons. The van der Waals surface area contributed by atoms with Crippen molar-refractivity contribution < 1.29 is 9.59 Å². The van der Waals surface area contributed by atoms with Crippen LogP contribution in [0.15, 0.2) is 48.5 Å². The fraction of sp³-hybridized carbons (Fsp3) is 0.440. The minimum atomic E-state index is -0.506. The summed E-state index contributed by atoms with van der Waals surface area (Å²) in [6, 6.07) is 15.9. The lowest BCUT2D eigenvalue weighted by atomic mass is 10.1. The Morgan fingerprint density at radius 2 is 1.59 bits per heavy atom. The number of nitrogens with one attached hydrogen (secondary N) is 1. The third kappa shape index (κ3) is 5.93. The third-order valence-corrected chi connectivity index (χ3v) is 5.74. The Bertz CT molecular complexity index is 855. The molecule has 1 fully saturated rings. The molecule has 0 aliphatic heterocycles. The average molecular weight is 393 g/mol. The maximum absolute atomic E-state index is 13.2. The Morgan fingerprint density at radius 3 is 2.21 bits per heavy atom. The number of amides is 2. The second-order valence-corrected chi connectivity index (χ2v) is 8.34. The fourth-order valence-corrected chi connectivity index (χ4v) is 4.08. The quantitative estimate of drug-likeness (QED) is 0.763. The van der Waals surface area contributed by atoms with Gasteiger partial charge in [-0.3, -0.25) is 9.59 Å². The highest BCUT2D eigenvalue weighted by Gasteiger charge is 2.28. The highest BCUT2D eigenvalue weighted by molar-refractivity contribution is 5.88. The van der Waals surface area contributed by atoms with Crippen molar-refractivity contribution in [2.24, 2.45) is 0 Å². The number of rotatable bonds is 7. The highest BCUT2D eigenvalue weighted by Crippen LogP contribution is 2.19. The maximum Gasteiger partial charge on any atom is 0.242 e. The van der Waals surface area contributed by atoms with Crippen molar-refractivity contribution in [3.8, 4) is 0 Å². The largest absolute Gasteiger partial charge is 0.352 e. The normalized spacial score (nSPS) is 15.1. The van der Waals surface area contributed by atoms with Gasteiger partial charge in [0.1, 0.15) is 6.04 Å². The Labute approximate surface area is 174 Å². The Hall–Kier alpha value is -2.62. The van der Waals surface area contributed by atoms with E-state index in [0.29, 0.717) is 13.0 Å². The molecule has 1 N–H and O–H groups in total. The average Bonchev–Trinajstić information content (AvgIpc) is 3.18. The Kier molecular flexibility index (Phi) is 7.08. The van der Waals surface area contributed by atoms with Crippen molar-refractivity contribution in [2.45, 2.75) is 71.5 Å². The first kappa shape index (κ1) is 21.1. The molecule has 29 heavy (non-hydrogen) atoms. The van der Waals surface area contributed by atoms with E-state index in [9.17, 15) is 9.59 Å². The summed E-state index contributed by atoms with van der Waals surface area (Å²) in [4.78, 5) is 27.9. The second-order valence-electron chi connectivity index (χ2n) is 8.34. The van der Waals surface area contributed by atoms with Crippen molar-refractivity contribution >= 4 is 11.8 Å². The van der Waals surface area contributed by atoms with Gasteiger partial charge in [-0.25, -0.2) is 0 Å². The van der Waals surface area contributed by atoms with Crippen molar-refractivity contribution in [3.05, 3.63) is 70.8 Å². The monoisotopic (exact) mass is 392 g/mol. The van der Waals surface area contributed by atoms with Gasteiger partial charge in [0.25, 0.3) is 0 Å². The molecule has 2 aromatic rings. The van der Waals surface area contributed by atoms with E-state index in [1.165, 1.54) is 12.8 Å². The first-order valence-corrected chi connectivity index (χ1v) is 10.6. The molecule has 2 amide bonds. The van der Waals surface area contributed by atoms with Gasteiger partial charge in [0.2, 0.25) is 11.8 Å². The fourth-order valence-electron chi connectivity index (χ4n) is 4.08. The van der Waals surface area contributed by atoms with Crippen molar-refractivity contribution in [2.75, 3.05) is 0 Å². The van der Waals surface area contributed by atoms with E-state index in [4.69, 9.17) is 0 Å². The number of nitrogens with zero attached hydrogens (tertiary/aromatic N) is 1. The number of hydrogen-bond acceptors (Lipinski definition) is 2. The van der Waals surface area contributed by atoms with Gasteiger partial charge >= 0.3 is 0 Å². The molecule has 1 atom stereocenters. The van der Waals surface area contributed by atoms with Gasteiger partial charge in [0.15, 0.2) is 0 Å². The van der Waals surface area contributed by atoms with Gasteiger partial charge in [0.05, 0.1) is 6.42 Å². The molecule has 1 aliphatic carbocycles. The zero-order valence-electron chi connectivity index (χ0n) is 17.8. The standard InChI is InChI=1S/C25H32N2O2/c1-18-8-6-10-21(14-18)16-24(28)27(17-22-11-7-9-19(2)15-22)20(3)25(29)26-23-12-4-5-13-23/h6-11,14-15,20,23H,4-5,12-13,16-17H2,1-3H3,(H,26,29)/t20-/m0/s1. The van der Waals surface area contributed by atoms with E-state index >= 15 is 0 Å². The maximum atomic E-state index is 13.2. The predicted octanol–water partition coefficient (Wildman–Crippen LogP) is 4.32. The van der Waals surface area contributed by atoms with Crippen LogP contribution < -0.4 is 5.32 Å². The number of benzene rings is 2. The molecule has 4 heteroatoms. The van der Waals surface area contributed by atoms with Crippen LogP contribution in [0.3, 0.4) is 0 Å². The lowest BCUT2D eigenvalue weighted by Crippen LogP contribution is -2.50. The molecule has 0 radical (unpaired) electrons. The number of hydrogen-bond donors (Lipinski definition) is 1. The summed E-state index contributed by atoms with van der Waals surface area (Å²) in [5.41, 5.74) is 4.31. The molecular weight excluding hydrogens is 360 g/mol. The minimum absolute atomic E-state index is 0.0221. The number of aryl methyl sites for hydroxylation is 2. The topological polar surface area (TPSA) is 49.4 Å².